The maximum atomic E-state index is 12.3. The molecule has 0 unspecified atom stereocenters. The molecule has 0 saturated carbocycles. The van der Waals surface area contributed by atoms with Crippen molar-refractivity contribution in [3.05, 3.63) is 30.1 Å². The lowest BCUT2D eigenvalue weighted by molar-refractivity contribution is 0.551. The van der Waals surface area contributed by atoms with Gasteiger partial charge in [-0.05, 0) is 24.1 Å². The van der Waals surface area contributed by atoms with Gasteiger partial charge in [-0.1, -0.05) is 0 Å². The third-order valence-electron chi connectivity index (χ3n) is 2.15. The van der Waals surface area contributed by atoms with Gasteiger partial charge in [0.1, 0.15) is 5.65 Å². The van der Waals surface area contributed by atoms with Crippen LogP contribution >= 0.6 is 0 Å². The van der Waals surface area contributed by atoms with Gasteiger partial charge in [0.2, 0.25) is 0 Å². The van der Waals surface area contributed by atoms with Crippen molar-refractivity contribution in [2.24, 2.45) is 0 Å². The summed E-state index contributed by atoms with van der Waals surface area (Å²) in [5, 5.41) is 0.834. The van der Waals surface area contributed by atoms with Crippen molar-refractivity contribution in [1.29, 1.82) is 0 Å². The Morgan fingerprint density at radius 3 is 3.00 bits per heavy atom. The standard InChI is InChI=1S/C9H9FN2O2S/c10-15(13,14)5-3-7-6-12-9-8(7)2-1-4-11-9/h1-2,4,6H,3,5H2,(H,11,12). The molecule has 0 spiro atoms. The van der Waals surface area contributed by atoms with Gasteiger partial charge in [0.15, 0.2) is 0 Å². The fourth-order valence-corrected chi connectivity index (χ4v) is 1.92. The molecule has 0 aliphatic carbocycles. The van der Waals surface area contributed by atoms with Crippen LogP contribution in [0.5, 0.6) is 0 Å². The van der Waals surface area contributed by atoms with Crippen LogP contribution in [0.1, 0.15) is 5.56 Å². The third-order valence-corrected chi connectivity index (χ3v) is 2.84. The predicted octanol–water partition coefficient (Wildman–Crippen LogP) is 1.40. The summed E-state index contributed by atoms with van der Waals surface area (Å²) in [7, 11) is -4.40. The summed E-state index contributed by atoms with van der Waals surface area (Å²) in [5.74, 6) is -0.491. The highest BCUT2D eigenvalue weighted by molar-refractivity contribution is 7.86. The molecule has 15 heavy (non-hydrogen) atoms. The molecule has 0 bridgehead atoms. The molecule has 80 valence electrons. The number of pyridine rings is 1. The van der Waals surface area contributed by atoms with Crippen molar-refractivity contribution in [3.8, 4) is 0 Å². The van der Waals surface area contributed by atoms with E-state index in [-0.39, 0.29) is 6.42 Å². The number of fused-ring (bicyclic) bond motifs is 1. The van der Waals surface area contributed by atoms with E-state index in [1.54, 1.807) is 18.5 Å². The molecule has 4 nitrogen and oxygen atoms in total. The summed E-state index contributed by atoms with van der Waals surface area (Å²) in [6, 6.07) is 3.57. The number of aromatic amines is 1. The van der Waals surface area contributed by atoms with Gasteiger partial charge in [-0.2, -0.15) is 8.42 Å². The highest BCUT2D eigenvalue weighted by Crippen LogP contribution is 2.16. The molecule has 0 aromatic carbocycles. The zero-order chi connectivity index (χ0) is 10.9. The second-order valence-electron chi connectivity index (χ2n) is 3.21. The second-order valence-corrected chi connectivity index (χ2v) is 4.69. The average molecular weight is 228 g/mol. The molecule has 2 aromatic heterocycles. The second kappa shape index (κ2) is 3.62. The van der Waals surface area contributed by atoms with E-state index in [2.05, 4.69) is 9.97 Å². The lowest BCUT2D eigenvalue weighted by Gasteiger charge is -1.95. The van der Waals surface area contributed by atoms with Crippen LogP contribution in [0, 0.1) is 0 Å². The quantitative estimate of drug-likeness (QED) is 0.808. The lowest BCUT2D eigenvalue weighted by atomic mass is 10.2. The van der Waals surface area contributed by atoms with Gasteiger partial charge in [-0.15, -0.1) is 3.89 Å². The molecule has 2 rings (SSSR count). The minimum absolute atomic E-state index is 0.157. The van der Waals surface area contributed by atoms with Crippen molar-refractivity contribution < 1.29 is 12.3 Å². The van der Waals surface area contributed by atoms with Gasteiger partial charge in [0.05, 0.1) is 5.75 Å². The van der Waals surface area contributed by atoms with Crippen molar-refractivity contribution >= 4 is 21.3 Å². The molecule has 2 aromatic rings. The number of hydrogen-bond donors (Lipinski definition) is 1. The van der Waals surface area contributed by atoms with E-state index >= 15 is 0 Å². The van der Waals surface area contributed by atoms with Gasteiger partial charge < -0.3 is 4.98 Å². The van der Waals surface area contributed by atoms with E-state index in [4.69, 9.17) is 0 Å². The Morgan fingerprint density at radius 2 is 2.27 bits per heavy atom. The Hall–Kier alpha value is -1.43. The highest BCUT2D eigenvalue weighted by atomic mass is 32.3. The number of aromatic nitrogens is 2. The molecule has 0 aliphatic heterocycles. The molecule has 1 N–H and O–H groups in total. The first-order chi connectivity index (χ1) is 7.06. The van der Waals surface area contributed by atoms with Gasteiger partial charge in [-0.25, -0.2) is 4.98 Å². The molecule has 0 amide bonds. The van der Waals surface area contributed by atoms with Crippen LogP contribution in [-0.2, 0) is 16.6 Å². The topological polar surface area (TPSA) is 62.8 Å². The fourth-order valence-electron chi connectivity index (χ4n) is 1.45. The summed E-state index contributed by atoms with van der Waals surface area (Å²) in [5.41, 5.74) is 1.45. The fraction of sp³-hybridized carbons (Fsp3) is 0.222. The van der Waals surface area contributed by atoms with Gasteiger partial charge in [0, 0.05) is 17.8 Å². The van der Waals surface area contributed by atoms with Crippen LogP contribution in [0.3, 0.4) is 0 Å². The van der Waals surface area contributed by atoms with E-state index in [0.29, 0.717) is 5.65 Å². The molecular weight excluding hydrogens is 219 g/mol. The SMILES string of the molecule is O=S(=O)(F)CCc1c[nH]c2ncccc12. The maximum Gasteiger partial charge on any atom is 0.302 e. The Labute approximate surface area is 86.4 Å². The summed E-state index contributed by atoms with van der Waals surface area (Å²) < 4.78 is 33.1. The molecule has 2 heterocycles. The average Bonchev–Trinajstić information content (AvgIpc) is 2.57. The Morgan fingerprint density at radius 1 is 1.47 bits per heavy atom. The number of H-pyrrole nitrogens is 1. The number of nitrogens with zero attached hydrogens (tertiary/aromatic N) is 1. The Balaban J connectivity index is 2.29. The van der Waals surface area contributed by atoms with Crippen LogP contribution in [0.25, 0.3) is 11.0 Å². The van der Waals surface area contributed by atoms with E-state index in [1.807, 2.05) is 6.07 Å². The summed E-state index contributed by atoms with van der Waals surface area (Å²) in [6.07, 6.45) is 3.45. The largest absolute Gasteiger partial charge is 0.346 e. The first-order valence-electron chi connectivity index (χ1n) is 4.39. The molecule has 0 radical (unpaired) electrons. The van der Waals surface area contributed by atoms with Crippen LogP contribution in [-0.4, -0.2) is 24.1 Å². The Bertz CT molecular complexity index is 577. The van der Waals surface area contributed by atoms with E-state index in [9.17, 15) is 12.3 Å². The number of halogens is 1. The highest BCUT2D eigenvalue weighted by Gasteiger charge is 2.10. The third kappa shape index (κ3) is 2.33. The van der Waals surface area contributed by atoms with Crippen LogP contribution in [0.4, 0.5) is 3.89 Å². The molecule has 0 fully saturated rings. The number of nitrogens with one attached hydrogen (secondary N) is 1. The summed E-state index contributed by atoms with van der Waals surface area (Å²) in [4.78, 5) is 6.94. The van der Waals surface area contributed by atoms with Gasteiger partial charge >= 0.3 is 10.2 Å². The van der Waals surface area contributed by atoms with Crippen molar-refractivity contribution in [3.63, 3.8) is 0 Å². The number of aryl methyl sites for hydroxylation is 1. The van der Waals surface area contributed by atoms with Gasteiger partial charge in [-0.3, -0.25) is 0 Å². The smallest absolute Gasteiger partial charge is 0.302 e. The zero-order valence-electron chi connectivity index (χ0n) is 7.77. The number of hydrogen-bond acceptors (Lipinski definition) is 3. The predicted molar refractivity (Wildman–Crippen MR) is 54.7 cm³/mol. The van der Waals surface area contributed by atoms with Crippen LogP contribution < -0.4 is 0 Å². The number of rotatable bonds is 3. The van der Waals surface area contributed by atoms with Crippen molar-refractivity contribution in [2.45, 2.75) is 6.42 Å². The summed E-state index contributed by atoms with van der Waals surface area (Å²) >= 11 is 0. The molecular formula is C9H9FN2O2S. The van der Waals surface area contributed by atoms with Crippen LogP contribution in [0.2, 0.25) is 0 Å². The minimum Gasteiger partial charge on any atom is -0.346 e. The minimum atomic E-state index is -4.40. The monoisotopic (exact) mass is 228 g/mol. The maximum absolute atomic E-state index is 12.3. The normalized spacial score (nSPS) is 12.1. The van der Waals surface area contributed by atoms with Crippen molar-refractivity contribution in [2.75, 3.05) is 5.75 Å². The van der Waals surface area contributed by atoms with Gasteiger partial charge in [0.25, 0.3) is 0 Å². The molecule has 0 atom stereocenters. The van der Waals surface area contributed by atoms with E-state index in [1.165, 1.54) is 0 Å². The molecule has 0 saturated heterocycles. The van der Waals surface area contributed by atoms with Crippen molar-refractivity contribution in [1.82, 2.24) is 9.97 Å². The Kier molecular flexibility index (Phi) is 2.44. The molecule has 0 aliphatic rings. The lowest BCUT2D eigenvalue weighted by Crippen LogP contribution is -2.01. The summed E-state index contributed by atoms with van der Waals surface area (Å²) in [6.45, 7) is 0. The van der Waals surface area contributed by atoms with E-state index < -0.39 is 16.0 Å². The first-order valence-corrected chi connectivity index (χ1v) is 5.95. The zero-order valence-corrected chi connectivity index (χ0v) is 8.59. The van der Waals surface area contributed by atoms with E-state index in [0.717, 1.165) is 10.9 Å². The molecule has 6 heteroatoms. The van der Waals surface area contributed by atoms with Crippen LogP contribution in [0.15, 0.2) is 24.5 Å². The first kappa shape index (κ1) is 10.1.